The third-order valence-electron chi connectivity index (χ3n) is 10.1. The van der Waals surface area contributed by atoms with Crippen LogP contribution in [0.4, 0.5) is 0 Å². The third-order valence-corrected chi connectivity index (χ3v) is 11.9. The van der Waals surface area contributed by atoms with Gasteiger partial charge in [0.25, 0.3) is 0 Å². The molecule has 2 aliphatic rings. The van der Waals surface area contributed by atoms with E-state index in [0.29, 0.717) is 9.79 Å². The standard InChI is InChI=1S/C35H12O3S/c36-35-21-10-14-2-5-17(21)29-25-13-1-6-18(22(35)9-13)30(25)33-28-16-4-7-19-23(12-16)39(37,38)24-11-15-3-8-20(24)32(26(15)31(19)28)34(33)27(14)29/h1-12H. The number of benzene rings is 14. The second-order valence-electron chi connectivity index (χ2n) is 11.5. The minimum atomic E-state index is -3.70. The van der Waals surface area contributed by atoms with Crippen LogP contribution in [0.3, 0.4) is 0 Å². The molecule has 18 bridgehead atoms. The molecule has 176 valence electrons. The van der Waals surface area contributed by atoms with Gasteiger partial charge < -0.3 is 0 Å². The minimum Gasteiger partial charge on any atom is -0.289 e. The summed E-state index contributed by atoms with van der Waals surface area (Å²) in [6, 6.07) is 24.5. The quantitative estimate of drug-likeness (QED) is 0.192. The van der Waals surface area contributed by atoms with E-state index in [-0.39, 0.29) is 5.43 Å². The fourth-order valence-electron chi connectivity index (χ4n) is 8.67. The molecule has 3 nitrogen and oxygen atoms in total. The molecule has 0 amide bonds. The van der Waals surface area contributed by atoms with Crippen LogP contribution in [0.1, 0.15) is 0 Å². The molecule has 0 radical (unpaired) electrons. The maximum absolute atomic E-state index is 14.1. The fourth-order valence-corrected chi connectivity index (χ4v) is 10.4. The zero-order chi connectivity index (χ0) is 25.3. The van der Waals surface area contributed by atoms with E-state index in [0.717, 1.165) is 102 Å². The first kappa shape index (κ1) is 18.5. The number of hydrogen-bond donors (Lipinski definition) is 0. The summed E-state index contributed by atoms with van der Waals surface area (Å²) in [6.45, 7) is 0. The zero-order valence-electron chi connectivity index (χ0n) is 20.1. The lowest BCUT2D eigenvalue weighted by atomic mass is 9.77. The molecule has 0 aromatic heterocycles. The summed E-state index contributed by atoms with van der Waals surface area (Å²) in [6.07, 6.45) is 0. The molecule has 16 aromatic carbocycles. The summed E-state index contributed by atoms with van der Waals surface area (Å²) in [5.41, 5.74) is 0.0850. The summed E-state index contributed by atoms with van der Waals surface area (Å²) in [7, 11) is -3.70. The van der Waals surface area contributed by atoms with Crippen LogP contribution in [0.2, 0.25) is 0 Å². The van der Waals surface area contributed by atoms with Crippen LogP contribution < -0.4 is 5.43 Å². The zero-order valence-corrected chi connectivity index (χ0v) is 20.9. The molecule has 2 heterocycles. The van der Waals surface area contributed by atoms with Gasteiger partial charge in [0, 0.05) is 21.5 Å². The van der Waals surface area contributed by atoms with Gasteiger partial charge in [-0.25, -0.2) is 8.42 Å². The highest BCUT2D eigenvalue weighted by atomic mass is 32.2. The summed E-state index contributed by atoms with van der Waals surface area (Å²) < 4.78 is 28.3. The lowest BCUT2D eigenvalue weighted by Crippen LogP contribution is -2.10. The number of sulfone groups is 1. The largest absolute Gasteiger partial charge is 0.289 e. The number of fused-ring (bicyclic) bond motifs is 5. The van der Waals surface area contributed by atoms with Gasteiger partial charge in [-0.2, -0.15) is 0 Å². The van der Waals surface area contributed by atoms with Crippen molar-refractivity contribution < 1.29 is 8.42 Å². The van der Waals surface area contributed by atoms with Crippen LogP contribution in [-0.2, 0) is 9.84 Å². The Labute approximate surface area is 218 Å². The topological polar surface area (TPSA) is 51.2 Å². The highest BCUT2D eigenvalue weighted by Crippen LogP contribution is 2.57. The lowest BCUT2D eigenvalue weighted by molar-refractivity contribution is 0.598. The summed E-state index contributed by atoms with van der Waals surface area (Å²) in [5, 5.41) is 20.3. The van der Waals surface area contributed by atoms with Crippen molar-refractivity contribution in [1.29, 1.82) is 0 Å². The van der Waals surface area contributed by atoms with Gasteiger partial charge in [-0.15, -0.1) is 0 Å². The molecule has 18 rings (SSSR count). The fraction of sp³-hybridized carbons (Fsp3) is 0. The monoisotopic (exact) mass is 512 g/mol. The molecule has 0 fully saturated rings. The van der Waals surface area contributed by atoms with Gasteiger partial charge in [-0.1, -0.05) is 48.5 Å². The van der Waals surface area contributed by atoms with Crippen molar-refractivity contribution in [3.8, 4) is 0 Å². The second-order valence-corrected chi connectivity index (χ2v) is 13.4. The van der Waals surface area contributed by atoms with Crippen LogP contribution in [0.5, 0.6) is 0 Å². The van der Waals surface area contributed by atoms with E-state index in [1.807, 2.05) is 24.3 Å². The Morgan fingerprint density at radius 2 is 0.718 bits per heavy atom. The van der Waals surface area contributed by atoms with Gasteiger partial charge in [-0.3, -0.25) is 4.79 Å². The highest BCUT2D eigenvalue weighted by molar-refractivity contribution is 7.92. The minimum absolute atomic E-state index is 0.0850. The Balaban J connectivity index is 1.67. The Morgan fingerprint density at radius 3 is 1.23 bits per heavy atom. The van der Waals surface area contributed by atoms with Crippen molar-refractivity contribution >= 4 is 118 Å². The predicted octanol–water partition coefficient (Wildman–Crippen LogP) is 8.35. The summed E-state index contributed by atoms with van der Waals surface area (Å²) in [5.74, 6) is 0. The Morgan fingerprint density at radius 1 is 0.359 bits per heavy atom. The maximum Gasteiger partial charge on any atom is 0.207 e. The average molecular weight is 513 g/mol. The van der Waals surface area contributed by atoms with Crippen molar-refractivity contribution in [1.82, 2.24) is 0 Å². The molecule has 0 saturated heterocycles. The van der Waals surface area contributed by atoms with Crippen LogP contribution in [0.15, 0.2) is 87.4 Å². The van der Waals surface area contributed by atoms with Gasteiger partial charge >= 0.3 is 0 Å². The van der Waals surface area contributed by atoms with Crippen molar-refractivity contribution in [3.05, 3.63) is 83.0 Å². The molecule has 4 heteroatoms. The van der Waals surface area contributed by atoms with E-state index in [2.05, 4.69) is 48.5 Å². The van der Waals surface area contributed by atoms with Gasteiger partial charge in [0.15, 0.2) is 5.43 Å². The van der Waals surface area contributed by atoms with Crippen molar-refractivity contribution in [2.45, 2.75) is 9.79 Å². The number of hydrogen-bond acceptors (Lipinski definition) is 3. The summed E-state index contributed by atoms with van der Waals surface area (Å²) in [4.78, 5) is 14.8. The molecule has 39 heavy (non-hydrogen) atoms. The lowest BCUT2D eigenvalue weighted by Gasteiger charge is -2.28. The molecule has 2 aliphatic heterocycles. The molecule has 0 atom stereocenters. The van der Waals surface area contributed by atoms with Gasteiger partial charge in [0.05, 0.1) is 9.79 Å². The van der Waals surface area contributed by atoms with Gasteiger partial charge in [0.2, 0.25) is 9.84 Å². The van der Waals surface area contributed by atoms with E-state index in [1.54, 1.807) is 0 Å². The smallest absolute Gasteiger partial charge is 0.207 e. The van der Waals surface area contributed by atoms with Gasteiger partial charge in [-0.05, 0) is 110 Å². The summed E-state index contributed by atoms with van der Waals surface area (Å²) >= 11 is 0. The molecule has 0 saturated carbocycles. The van der Waals surface area contributed by atoms with Crippen molar-refractivity contribution in [3.63, 3.8) is 0 Å². The van der Waals surface area contributed by atoms with Crippen molar-refractivity contribution in [2.75, 3.05) is 0 Å². The predicted molar refractivity (Wildman–Crippen MR) is 160 cm³/mol. The first-order valence-electron chi connectivity index (χ1n) is 13.1. The highest BCUT2D eigenvalue weighted by Gasteiger charge is 2.34. The van der Waals surface area contributed by atoms with Gasteiger partial charge in [0.1, 0.15) is 0 Å². The normalized spacial score (nSPS) is 15.7. The van der Waals surface area contributed by atoms with Crippen LogP contribution in [0.25, 0.3) is 108 Å². The van der Waals surface area contributed by atoms with E-state index in [4.69, 9.17) is 0 Å². The Bertz CT molecular complexity index is 3120. The SMILES string of the molecule is O=c1c2cc3ccc2c2c4c5ccc(c1c5)c4c1c4c5ccc6c(c5)S(=O)(=O)c5cc7ccc5c(c7c64)c1c32. The van der Waals surface area contributed by atoms with Crippen LogP contribution in [-0.4, -0.2) is 8.42 Å². The maximum atomic E-state index is 14.1. The van der Waals surface area contributed by atoms with E-state index < -0.39 is 9.84 Å². The Kier molecular flexibility index (Phi) is 2.41. The molecule has 0 N–H and O–H groups in total. The van der Waals surface area contributed by atoms with Crippen LogP contribution >= 0.6 is 0 Å². The van der Waals surface area contributed by atoms with E-state index >= 15 is 0 Å². The van der Waals surface area contributed by atoms with Crippen molar-refractivity contribution in [2.24, 2.45) is 0 Å². The van der Waals surface area contributed by atoms with E-state index in [9.17, 15) is 13.2 Å². The molecular formula is C35H12O3S. The first-order chi connectivity index (χ1) is 19.0. The molecule has 0 spiro atoms. The average Bonchev–Trinajstić information content (AvgIpc) is 2.99. The van der Waals surface area contributed by atoms with E-state index in [1.165, 1.54) is 5.39 Å². The molecule has 16 aromatic rings. The first-order valence-corrected chi connectivity index (χ1v) is 14.6. The molecule has 0 unspecified atom stereocenters. The second kappa shape index (κ2) is 5.09. The molecular weight excluding hydrogens is 500 g/mol. The Hall–Kier alpha value is -4.80. The number of rotatable bonds is 0. The molecule has 0 aliphatic carbocycles. The van der Waals surface area contributed by atoms with Crippen LogP contribution in [0, 0.1) is 0 Å². The third kappa shape index (κ3) is 1.58.